The molecule has 0 saturated carbocycles. The fourth-order valence-electron chi connectivity index (χ4n) is 5.83. The van der Waals surface area contributed by atoms with Crippen LogP contribution in [0.15, 0.2) is 35.0 Å². The lowest BCUT2D eigenvalue weighted by atomic mass is 9.82. The number of halogens is 2. The van der Waals surface area contributed by atoms with E-state index in [1.165, 1.54) is 14.5 Å². The largest absolute Gasteiger partial charge is 0.737 e. The standard InChI is InChI=1S/C25H31BF2N2/c1-9-20-16(5)24-23(22-12-11-14(3)13-15(22)4)25-17(6)21(10-2)19(8)30(25)26(27,28)29(24)18(20)7/h11-13H,9-10H2,1-8H3. The molecule has 2 nitrogen and oxygen atoms in total. The van der Waals surface area contributed by atoms with Gasteiger partial charge in [-0.3, -0.25) is 0 Å². The van der Waals surface area contributed by atoms with Crippen LogP contribution in [0.5, 0.6) is 0 Å². The van der Waals surface area contributed by atoms with Crippen LogP contribution in [0.25, 0.3) is 5.57 Å². The Hall–Kier alpha value is -2.43. The lowest BCUT2D eigenvalue weighted by Crippen LogP contribution is -2.51. The molecule has 3 heterocycles. The van der Waals surface area contributed by atoms with Gasteiger partial charge >= 0.3 is 6.97 Å². The average Bonchev–Trinajstić information content (AvgIpc) is 3.08. The summed E-state index contributed by atoms with van der Waals surface area (Å²) >= 11 is 0. The number of hydrogen-bond donors (Lipinski definition) is 0. The Bertz CT molecular complexity index is 1190. The van der Waals surface area contributed by atoms with Gasteiger partial charge in [-0.05, 0) is 75.4 Å². The molecule has 30 heavy (non-hydrogen) atoms. The topological polar surface area (TPSA) is 7.94 Å². The van der Waals surface area contributed by atoms with Gasteiger partial charge in [0.2, 0.25) is 0 Å². The van der Waals surface area contributed by atoms with Crippen molar-refractivity contribution in [3.8, 4) is 0 Å². The molecule has 2 aliphatic heterocycles. The molecular formula is C25H31BF2N2. The summed E-state index contributed by atoms with van der Waals surface area (Å²) in [5.74, 6) is 0. The third kappa shape index (κ3) is 2.50. The van der Waals surface area contributed by atoms with Crippen molar-refractivity contribution in [2.75, 3.05) is 0 Å². The third-order valence-electron chi connectivity index (χ3n) is 7.15. The van der Waals surface area contributed by atoms with Crippen LogP contribution in [0.1, 0.15) is 73.3 Å². The van der Waals surface area contributed by atoms with Gasteiger partial charge in [-0.1, -0.05) is 37.6 Å². The predicted octanol–water partition coefficient (Wildman–Crippen LogP) is 6.49. The average molecular weight is 408 g/mol. The molecule has 0 radical (unpaired) electrons. The van der Waals surface area contributed by atoms with Gasteiger partial charge in [0.25, 0.3) is 0 Å². The van der Waals surface area contributed by atoms with Gasteiger partial charge in [-0.2, -0.15) is 0 Å². The van der Waals surface area contributed by atoms with Crippen LogP contribution in [-0.2, 0) is 6.42 Å². The first-order chi connectivity index (χ1) is 14.1. The fourth-order valence-corrected chi connectivity index (χ4v) is 5.83. The summed E-state index contributed by atoms with van der Waals surface area (Å²) in [6.07, 6.45) is 1.49. The van der Waals surface area contributed by atoms with E-state index in [1.807, 2.05) is 27.7 Å². The molecule has 0 aliphatic carbocycles. The number of aromatic nitrogens is 1. The van der Waals surface area contributed by atoms with Crippen molar-refractivity contribution in [1.82, 2.24) is 4.48 Å². The Morgan fingerprint density at radius 2 is 1.63 bits per heavy atom. The highest BCUT2D eigenvalue weighted by Gasteiger charge is 2.56. The summed E-state index contributed by atoms with van der Waals surface area (Å²) in [6.45, 7) is 12.0. The Morgan fingerprint density at radius 1 is 0.967 bits per heavy atom. The molecule has 0 unspecified atom stereocenters. The summed E-state index contributed by atoms with van der Waals surface area (Å²) in [6, 6.07) is 6.33. The van der Waals surface area contributed by atoms with Gasteiger partial charge in [-0.15, -0.1) is 0 Å². The maximum absolute atomic E-state index is 16.2. The Labute approximate surface area is 178 Å². The van der Waals surface area contributed by atoms with E-state index < -0.39 is 6.97 Å². The van der Waals surface area contributed by atoms with Crippen molar-refractivity contribution in [3.05, 3.63) is 74.2 Å². The third-order valence-corrected chi connectivity index (χ3v) is 7.15. The highest BCUT2D eigenvalue weighted by molar-refractivity contribution is 6.58. The quantitative estimate of drug-likeness (QED) is 0.513. The molecule has 1 aromatic carbocycles. The number of aryl methyl sites for hydroxylation is 2. The monoisotopic (exact) mass is 408 g/mol. The molecule has 0 bridgehead atoms. The molecule has 5 heteroatoms. The first-order valence-electron chi connectivity index (χ1n) is 11.0. The van der Waals surface area contributed by atoms with E-state index in [1.54, 1.807) is 0 Å². The zero-order valence-electron chi connectivity index (χ0n) is 19.4. The zero-order valence-corrected chi connectivity index (χ0v) is 19.4. The van der Waals surface area contributed by atoms with Crippen molar-refractivity contribution >= 4 is 18.3 Å². The van der Waals surface area contributed by atoms with E-state index in [9.17, 15) is 0 Å². The summed E-state index contributed by atoms with van der Waals surface area (Å²) in [7, 11) is 0. The predicted molar refractivity (Wildman–Crippen MR) is 123 cm³/mol. The van der Waals surface area contributed by atoms with Crippen molar-refractivity contribution in [3.63, 3.8) is 0 Å². The molecule has 1 aromatic heterocycles. The van der Waals surface area contributed by atoms with Gasteiger partial charge in [0.1, 0.15) is 5.71 Å². The number of fused-ring (bicyclic) bond motifs is 2. The van der Waals surface area contributed by atoms with Gasteiger partial charge < -0.3 is 17.6 Å². The molecule has 2 aromatic rings. The van der Waals surface area contributed by atoms with Crippen molar-refractivity contribution in [2.45, 2.75) is 68.2 Å². The number of hydrogen-bond acceptors (Lipinski definition) is 0. The maximum Gasteiger partial charge on any atom is 0.737 e. The van der Waals surface area contributed by atoms with E-state index in [-0.39, 0.29) is 0 Å². The first-order valence-corrected chi connectivity index (χ1v) is 11.0. The van der Waals surface area contributed by atoms with Crippen LogP contribution >= 0.6 is 0 Å². The lowest BCUT2D eigenvalue weighted by molar-refractivity contribution is -0.363. The highest BCUT2D eigenvalue weighted by Crippen LogP contribution is 2.47. The van der Waals surface area contributed by atoms with Gasteiger partial charge in [0, 0.05) is 23.8 Å². The van der Waals surface area contributed by atoms with Gasteiger partial charge in [-0.25, -0.2) is 0 Å². The van der Waals surface area contributed by atoms with Crippen LogP contribution in [0.2, 0.25) is 0 Å². The zero-order chi connectivity index (χ0) is 22.1. The van der Waals surface area contributed by atoms with Crippen LogP contribution in [0, 0.1) is 27.7 Å². The van der Waals surface area contributed by atoms with E-state index in [2.05, 4.69) is 45.9 Å². The number of rotatable bonds is 3. The lowest BCUT2D eigenvalue weighted by Gasteiger charge is -2.34. The van der Waals surface area contributed by atoms with Crippen LogP contribution in [0.4, 0.5) is 8.63 Å². The van der Waals surface area contributed by atoms with Crippen molar-refractivity contribution in [2.24, 2.45) is 0 Å². The Morgan fingerprint density at radius 3 is 2.20 bits per heavy atom. The Balaban J connectivity index is 2.25. The second kappa shape index (κ2) is 6.80. The molecule has 2 aliphatic rings. The Kier molecular flexibility index (Phi) is 4.72. The normalized spacial score (nSPS) is 17.8. The minimum Gasteiger partial charge on any atom is -0.393 e. The SMILES string of the molecule is CCC1=C(C)C2=C(c3ccc(C)cc3C)c3c(C)c(CC)c(C)n3[B-](F)(F)[N+]2=C1C. The smallest absolute Gasteiger partial charge is 0.393 e. The molecule has 0 spiro atoms. The second-order valence-corrected chi connectivity index (χ2v) is 8.80. The highest BCUT2D eigenvalue weighted by atomic mass is 19.2. The van der Waals surface area contributed by atoms with Crippen molar-refractivity contribution in [1.29, 1.82) is 0 Å². The van der Waals surface area contributed by atoms with Crippen LogP contribution in [-0.4, -0.2) is 21.6 Å². The first kappa shape index (κ1) is 20.8. The van der Waals surface area contributed by atoms with Crippen LogP contribution in [0.3, 0.4) is 0 Å². The fraction of sp³-hybridized carbons (Fsp3) is 0.400. The summed E-state index contributed by atoms with van der Waals surface area (Å²) in [5.41, 5.74) is 11.1. The molecule has 0 atom stereocenters. The summed E-state index contributed by atoms with van der Waals surface area (Å²) < 4.78 is 35.1. The second-order valence-electron chi connectivity index (χ2n) is 8.80. The van der Waals surface area contributed by atoms with Gasteiger partial charge in [0.05, 0.1) is 5.57 Å². The molecule has 0 amide bonds. The minimum absolute atomic E-state index is 0.687. The molecule has 4 rings (SSSR count). The summed E-state index contributed by atoms with van der Waals surface area (Å²) in [4.78, 5) is 0. The van der Waals surface area contributed by atoms with E-state index in [4.69, 9.17) is 0 Å². The molecule has 158 valence electrons. The molecule has 0 fully saturated rings. The van der Waals surface area contributed by atoms with Crippen LogP contribution < -0.4 is 0 Å². The van der Waals surface area contributed by atoms with Gasteiger partial charge in [0.15, 0.2) is 5.70 Å². The number of benzene rings is 1. The van der Waals surface area contributed by atoms with E-state index in [0.29, 0.717) is 22.8 Å². The number of allylic oxidation sites excluding steroid dienone is 2. The molecule has 0 saturated heterocycles. The van der Waals surface area contributed by atoms with E-state index in [0.717, 1.165) is 51.8 Å². The number of nitrogens with zero attached hydrogens (tertiary/aromatic N) is 2. The summed E-state index contributed by atoms with van der Waals surface area (Å²) in [5, 5.41) is 0. The minimum atomic E-state index is -3.96. The maximum atomic E-state index is 16.2. The van der Waals surface area contributed by atoms with E-state index >= 15 is 8.63 Å². The molecular weight excluding hydrogens is 377 g/mol. The molecule has 0 N–H and O–H groups in total. The van der Waals surface area contributed by atoms with Crippen molar-refractivity contribution < 1.29 is 13.1 Å².